The van der Waals surface area contributed by atoms with Gasteiger partial charge in [0, 0.05) is 17.7 Å². The lowest BCUT2D eigenvalue weighted by atomic mass is 10.2. The predicted octanol–water partition coefficient (Wildman–Crippen LogP) is 2.39. The molecular weight excluding hydrogens is 206 g/mol. The molecule has 0 saturated carbocycles. The van der Waals surface area contributed by atoms with E-state index >= 15 is 0 Å². The van der Waals surface area contributed by atoms with Gasteiger partial charge in [-0.1, -0.05) is 17.3 Å². The topological polar surface area (TPSA) is 96.9 Å². The van der Waals surface area contributed by atoms with Crippen LogP contribution in [0, 0.1) is 0 Å². The molecule has 2 N–H and O–H groups in total. The summed E-state index contributed by atoms with van der Waals surface area (Å²) in [4.78, 5) is 6.65. The smallest absolute Gasteiger partial charge is 0.166 e. The Morgan fingerprint density at radius 1 is 1.69 bits per heavy atom. The number of hydrogen-bond acceptors (Lipinski definition) is 4. The highest BCUT2D eigenvalue weighted by molar-refractivity contribution is 5.56. The Balaban J connectivity index is 2.63. The van der Waals surface area contributed by atoms with Gasteiger partial charge >= 0.3 is 0 Å². The zero-order valence-corrected chi connectivity index (χ0v) is 9.00. The Bertz CT molecular complexity index is 423. The maximum atomic E-state index is 8.08. The number of nitrogen functional groups attached to an aromatic ring is 1. The van der Waals surface area contributed by atoms with Gasteiger partial charge in [0.05, 0.1) is 7.11 Å². The van der Waals surface area contributed by atoms with Gasteiger partial charge in [-0.15, -0.1) is 0 Å². The molecule has 0 radical (unpaired) electrons. The van der Waals surface area contributed by atoms with Crippen LogP contribution in [0.4, 0.5) is 5.82 Å². The molecule has 0 bridgehead atoms. The zero-order valence-electron chi connectivity index (χ0n) is 9.00. The van der Waals surface area contributed by atoms with Gasteiger partial charge in [0.25, 0.3) is 0 Å². The van der Waals surface area contributed by atoms with Gasteiger partial charge in [-0.2, -0.15) is 0 Å². The average Bonchev–Trinajstić information content (AvgIpc) is 2.31. The van der Waals surface area contributed by atoms with Crippen molar-refractivity contribution in [2.45, 2.75) is 6.42 Å². The molecule has 1 aromatic rings. The SMILES string of the molecule is COc1cc(C=CCCN=[N+]=[N-])cnc1N. The number of anilines is 1. The number of nitrogens with two attached hydrogens (primary N) is 1. The van der Waals surface area contributed by atoms with Gasteiger partial charge in [0.1, 0.15) is 0 Å². The number of aromatic nitrogens is 1. The van der Waals surface area contributed by atoms with Crippen LogP contribution in [-0.4, -0.2) is 18.6 Å². The summed E-state index contributed by atoms with van der Waals surface area (Å²) in [5.74, 6) is 0.922. The highest BCUT2D eigenvalue weighted by Gasteiger charge is 1.99. The minimum absolute atomic E-state index is 0.369. The number of hydrogen-bond donors (Lipinski definition) is 1. The van der Waals surface area contributed by atoms with Crippen LogP contribution in [0.25, 0.3) is 16.5 Å². The van der Waals surface area contributed by atoms with E-state index in [9.17, 15) is 0 Å². The molecule has 6 heteroatoms. The van der Waals surface area contributed by atoms with Gasteiger partial charge in [-0.25, -0.2) is 4.98 Å². The first-order chi connectivity index (χ1) is 7.77. The third kappa shape index (κ3) is 3.51. The molecule has 1 rings (SSSR count). The summed E-state index contributed by atoms with van der Waals surface area (Å²) in [5.41, 5.74) is 14.5. The first kappa shape index (κ1) is 11.9. The highest BCUT2D eigenvalue weighted by atomic mass is 16.5. The van der Waals surface area contributed by atoms with E-state index in [1.54, 1.807) is 19.4 Å². The molecule has 0 spiro atoms. The largest absolute Gasteiger partial charge is 0.493 e. The lowest BCUT2D eigenvalue weighted by Gasteiger charge is -2.03. The minimum atomic E-state index is 0.369. The predicted molar refractivity (Wildman–Crippen MR) is 62.9 cm³/mol. The van der Waals surface area contributed by atoms with Gasteiger partial charge in [0.15, 0.2) is 11.6 Å². The normalized spacial score (nSPS) is 10.1. The Morgan fingerprint density at radius 3 is 3.19 bits per heavy atom. The molecule has 0 atom stereocenters. The number of nitrogens with zero attached hydrogens (tertiary/aromatic N) is 4. The lowest BCUT2D eigenvalue weighted by molar-refractivity contribution is 0.415. The van der Waals surface area contributed by atoms with Crippen molar-refractivity contribution in [1.29, 1.82) is 0 Å². The summed E-state index contributed by atoms with van der Waals surface area (Å²) < 4.78 is 5.04. The fourth-order valence-corrected chi connectivity index (χ4v) is 1.12. The molecule has 0 aliphatic carbocycles. The van der Waals surface area contributed by atoms with Crippen molar-refractivity contribution in [2.24, 2.45) is 5.11 Å². The summed E-state index contributed by atoms with van der Waals surface area (Å²) in [6.07, 6.45) is 6.13. The van der Waals surface area contributed by atoms with E-state index < -0.39 is 0 Å². The van der Waals surface area contributed by atoms with Crippen LogP contribution in [0.1, 0.15) is 12.0 Å². The van der Waals surface area contributed by atoms with E-state index in [0.717, 1.165) is 5.56 Å². The van der Waals surface area contributed by atoms with Crippen LogP contribution in [0.3, 0.4) is 0 Å². The second-order valence-electron chi connectivity index (χ2n) is 3.00. The summed E-state index contributed by atoms with van der Waals surface area (Å²) >= 11 is 0. The fourth-order valence-electron chi connectivity index (χ4n) is 1.12. The van der Waals surface area contributed by atoms with E-state index in [4.69, 9.17) is 16.0 Å². The Hall–Kier alpha value is -2.20. The molecule has 6 nitrogen and oxygen atoms in total. The number of pyridine rings is 1. The van der Waals surface area contributed by atoms with Crippen molar-refractivity contribution in [2.75, 3.05) is 19.4 Å². The van der Waals surface area contributed by atoms with Crippen molar-refractivity contribution < 1.29 is 4.74 Å². The molecule has 0 aliphatic rings. The van der Waals surface area contributed by atoms with Gasteiger partial charge < -0.3 is 10.5 Å². The molecule has 16 heavy (non-hydrogen) atoms. The quantitative estimate of drug-likeness (QED) is 0.356. The standard InChI is InChI=1S/C10H13N5O/c1-16-9-6-8(7-13-10(9)11)4-2-3-5-14-15-12/h2,4,6-7H,3,5H2,1H3,(H2,11,13). The molecule has 1 heterocycles. The number of ether oxygens (including phenoxy) is 1. The number of methoxy groups -OCH3 is 1. The average molecular weight is 219 g/mol. The van der Waals surface area contributed by atoms with Gasteiger partial charge in [-0.3, -0.25) is 0 Å². The Labute approximate surface area is 93.4 Å². The second-order valence-corrected chi connectivity index (χ2v) is 3.00. The van der Waals surface area contributed by atoms with Gasteiger partial charge in [-0.05, 0) is 23.6 Å². The first-order valence-electron chi connectivity index (χ1n) is 4.75. The third-order valence-corrected chi connectivity index (χ3v) is 1.89. The number of azide groups is 1. The summed E-state index contributed by atoms with van der Waals surface area (Å²) in [5, 5.41) is 3.42. The molecule has 0 aromatic carbocycles. The fraction of sp³-hybridized carbons (Fsp3) is 0.300. The Kier molecular flexibility index (Phi) is 4.69. The molecular formula is C10H13N5O. The summed E-state index contributed by atoms with van der Waals surface area (Å²) in [6, 6.07) is 1.80. The van der Waals surface area contributed by atoms with Crippen molar-refractivity contribution in [3.8, 4) is 5.75 Å². The van der Waals surface area contributed by atoms with Crippen molar-refractivity contribution in [3.05, 3.63) is 34.3 Å². The molecule has 84 valence electrons. The molecule has 0 fully saturated rings. The van der Waals surface area contributed by atoms with Crippen LogP contribution in [0.15, 0.2) is 23.5 Å². The van der Waals surface area contributed by atoms with E-state index in [1.165, 1.54) is 0 Å². The van der Waals surface area contributed by atoms with Crippen LogP contribution >= 0.6 is 0 Å². The number of rotatable bonds is 5. The first-order valence-corrected chi connectivity index (χ1v) is 4.75. The third-order valence-electron chi connectivity index (χ3n) is 1.89. The summed E-state index contributed by atoms with van der Waals surface area (Å²) in [7, 11) is 1.54. The second kappa shape index (κ2) is 6.31. The van der Waals surface area contributed by atoms with E-state index in [2.05, 4.69) is 15.0 Å². The van der Waals surface area contributed by atoms with Crippen LogP contribution in [0.5, 0.6) is 5.75 Å². The van der Waals surface area contributed by atoms with Crippen LogP contribution in [-0.2, 0) is 0 Å². The molecule has 0 unspecified atom stereocenters. The molecule has 0 saturated heterocycles. The molecule has 0 amide bonds. The maximum absolute atomic E-state index is 8.08. The van der Waals surface area contributed by atoms with Crippen molar-refractivity contribution in [1.82, 2.24) is 4.98 Å². The van der Waals surface area contributed by atoms with Crippen molar-refractivity contribution >= 4 is 11.9 Å². The highest BCUT2D eigenvalue weighted by Crippen LogP contribution is 2.19. The molecule has 1 aromatic heterocycles. The maximum Gasteiger partial charge on any atom is 0.166 e. The van der Waals surface area contributed by atoms with Crippen LogP contribution in [0.2, 0.25) is 0 Å². The van der Waals surface area contributed by atoms with Crippen LogP contribution < -0.4 is 10.5 Å². The van der Waals surface area contributed by atoms with E-state index in [0.29, 0.717) is 24.5 Å². The monoisotopic (exact) mass is 219 g/mol. The molecule has 0 aliphatic heterocycles. The van der Waals surface area contributed by atoms with Gasteiger partial charge in [0.2, 0.25) is 0 Å². The lowest BCUT2D eigenvalue weighted by Crippen LogP contribution is -1.95. The van der Waals surface area contributed by atoms with E-state index in [-0.39, 0.29) is 0 Å². The van der Waals surface area contributed by atoms with Crippen molar-refractivity contribution in [3.63, 3.8) is 0 Å². The minimum Gasteiger partial charge on any atom is -0.493 e. The zero-order chi connectivity index (χ0) is 11.8. The van der Waals surface area contributed by atoms with E-state index in [1.807, 2.05) is 12.2 Å². The Morgan fingerprint density at radius 2 is 2.50 bits per heavy atom. The summed E-state index contributed by atoms with van der Waals surface area (Å²) in [6.45, 7) is 0.451.